The van der Waals surface area contributed by atoms with E-state index in [1.807, 2.05) is 42.5 Å². The molecule has 0 radical (unpaired) electrons. The maximum atomic E-state index is 5.87. The molecule has 0 spiro atoms. The Hall–Kier alpha value is -1.73. The van der Waals surface area contributed by atoms with Crippen LogP contribution >= 0.6 is 11.6 Å². The zero-order chi connectivity index (χ0) is 11.4. The average molecular weight is 231 g/mol. The van der Waals surface area contributed by atoms with Gasteiger partial charge in [-0.05, 0) is 35.9 Å². The van der Waals surface area contributed by atoms with Gasteiger partial charge in [-0.3, -0.25) is 0 Å². The van der Waals surface area contributed by atoms with Crippen LogP contribution in [-0.2, 0) is 0 Å². The normalized spacial score (nSPS) is 9.81. The van der Waals surface area contributed by atoms with Crippen molar-refractivity contribution < 1.29 is 4.74 Å². The van der Waals surface area contributed by atoms with Crippen LogP contribution in [0.3, 0.4) is 0 Å². The fraction of sp³-hybridized carbons (Fsp3) is 0. The Morgan fingerprint density at radius 1 is 1.00 bits per heavy atom. The van der Waals surface area contributed by atoms with Gasteiger partial charge >= 0.3 is 0 Å². The van der Waals surface area contributed by atoms with Crippen molar-refractivity contribution in [2.75, 3.05) is 0 Å². The molecule has 0 bridgehead atoms. The number of halogens is 1. The van der Waals surface area contributed by atoms with Crippen molar-refractivity contribution in [1.29, 1.82) is 0 Å². The molecular formula is C14H11ClO. The Labute approximate surface area is 99.9 Å². The Balaban J connectivity index is 2.17. The third kappa shape index (κ3) is 2.65. The first-order chi connectivity index (χ1) is 7.78. The lowest BCUT2D eigenvalue weighted by Crippen LogP contribution is -1.83. The van der Waals surface area contributed by atoms with Crippen molar-refractivity contribution in [3.63, 3.8) is 0 Å². The standard InChI is InChI=1S/C14H11ClO/c1-2-11-6-8-13(9-7-11)16-14-5-3-4-12(15)10-14/h2-10H,1H2. The van der Waals surface area contributed by atoms with Crippen molar-refractivity contribution in [3.8, 4) is 11.5 Å². The Kier molecular flexibility index (Phi) is 3.28. The Morgan fingerprint density at radius 3 is 2.38 bits per heavy atom. The summed E-state index contributed by atoms with van der Waals surface area (Å²) in [5.41, 5.74) is 1.07. The monoisotopic (exact) mass is 230 g/mol. The van der Waals surface area contributed by atoms with Crippen LogP contribution in [0.25, 0.3) is 6.08 Å². The summed E-state index contributed by atoms with van der Waals surface area (Å²) in [5, 5.41) is 0.667. The zero-order valence-electron chi connectivity index (χ0n) is 8.69. The molecule has 0 atom stereocenters. The molecule has 0 aliphatic heterocycles. The fourth-order valence-electron chi connectivity index (χ4n) is 1.34. The Morgan fingerprint density at radius 2 is 1.75 bits per heavy atom. The van der Waals surface area contributed by atoms with Crippen LogP contribution in [0.1, 0.15) is 5.56 Å². The molecule has 16 heavy (non-hydrogen) atoms. The second kappa shape index (κ2) is 4.86. The fourth-order valence-corrected chi connectivity index (χ4v) is 1.52. The summed E-state index contributed by atoms with van der Waals surface area (Å²) in [6, 6.07) is 15.0. The van der Waals surface area contributed by atoms with E-state index in [-0.39, 0.29) is 0 Å². The molecule has 0 saturated carbocycles. The van der Waals surface area contributed by atoms with Crippen LogP contribution in [0.15, 0.2) is 55.1 Å². The first-order valence-corrected chi connectivity index (χ1v) is 5.31. The first kappa shape index (κ1) is 10.8. The molecule has 0 aliphatic rings. The highest BCUT2D eigenvalue weighted by Gasteiger charge is 1.97. The molecule has 0 saturated heterocycles. The summed E-state index contributed by atoms with van der Waals surface area (Å²) in [6.45, 7) is 3.70. The SMILES string of the molecule is C=Cc1ccc(Oc2cccc(Cl)c2)cc1. The van der Waals surface area contributed by atoms with Crippen molar-refractivity contribution in [2.24, 2.45) is 0 Å². The third-order valence-corrected chi connectivity index (χ3v) is 2.38. The van der Waals surface area contributed by atoms with Crippen molar-refractivity contribution >= 4 is 17.7 Å². The second-order valence-electron chi connectivity index (χ2n) is 3.33. The lowest BCUT2D eigenvalue weighted by atomic mass is 10.2. The van der Waals surface area contributed by atoms with E-state index in [0.717, 1.165) is 17.1 Å². The van der Waals surface area contributed by atoms with E-state index in [2.05, 4.69) is 6.58 Å². The minimum Gasteiger partial charge on any atom is -0.457 e. The highest BCUT2D eigenvalue weighted by atomic mass is 35.5. The van der Waals surface area contributed by atoms with Crippen molar-refractivity contribution in [3.05, 3.63) is 65.7 Å². The van der Waals surface area contributed by atoms with Gasteiger partial charge in [-0.15, -0.1) is 0 Å². The maximum absolute atomic E-state index is 5.87. The molecular weight excluding hydrogens is 220 g/mol. The molecule has 2 heteroatoms. The highest BCUT2D eigenvalue weighted by Crippen LogP contribution is 2.24. The summed E-state index contributed by atoms with van der Waals surface area (Å²) in [6.07, 6.45) is 1.79. The van der Waals surface area contributed by atoms with Crippen molar-refractivity contribution in [1.82, 2.24) is 0 Å². The molecule has 2 aromatic carbocycles. The van der Waals surface area contributed by atoms with E-state index in [4.69, 9.17) is 16.3 Å². The van der Waals surface area contributed by atoms with Gasteiger partial charge in [0.2, 0.25) is 0 Å². The largest absolute Gasteiger partial charge is 0.457 e. The van der Waals surface area contributed by atoms with Crippen LogP contribution in [0, 0.1) is 0 Å². The van der Waals surface area contributed by atoms with E-state index in [9.17, 15) is 0 Å². The van der Waals surface area contributed by atoms with Gasteiger partial charge in [0.15, 0.2) is 0 Å². The quantitative estimate of drug-likeness (QED) is 0.738. The van der Waals surface area contributed by atoms with E-state index in [0.29, 0.717) is 5.02 Å². The molecule has 0 N–H and O–H groups in total. The number of rotatable bonds is 3. The number of hydrogen-bond acceptors (Lipinski definition) is 1. The van der Waals surface area contributed by atoms with Gasteiger partial charge in [0, 0.05) is 5.02 Å². The van der Waals surface area contributed by atoms with Gasteiger partial charge in [-0.2, -0.15) is 0 Å². The molecule has 0 fully saturated rings. The van der Waals surface area contributed by atoms with E-state index in [1.54, 1.807) is 12.1 Å². The van der Waals surface area contributed by atoms with Gasteiger partial charge in [-0.25, -0.2) is 0 Å². The summed E-state index contributed by atoms with van der Waals surface area (Å²) < 4.78 is 5.64. The Bertz CT molecular complexity index is 488. The van der Waals surface area contributed by atoms with E-state index in [1.165, 1.54) is 0 Å². The van der Waals surface area contributed by atoms with Crippen LogP contribution in [0.5, 0.6) is 11.5 Å². The third-order valence-electron chi connectivity index (χ3n) is 2.15. The predicted octanol–water partition coefficient (Wildman–Crippen LogP) is 4.78. The van der Waals surface area contributed by atoms with Gasteiger partial charge in [0.25, 0.3) is 0 Å². The van der Waals surface area contributed by atoms with Crippen LogP contribution < -0.4 is 4.74 Å². The number of benzene rings is 2. The minimum atomic E-state index is 0.667. The lowest BCUT2D eigenvalue weighted by Gasteiger charge is -2.05. The summed E-state index contributed by atoms with van der Waals surface area (Å²) in [4.78, 5) is 0. The molecule has 0 aromatic heterocycles. The van der Waals surface area contributed by atoms with Crippen LogP contribution in [0.4, 0.5) is 0 Å². The summed E-state index contributed by atoms with van der Waals surface area (Å²) >= 11 is 5.87. The predicted molar refractivity (Wildman–Crippen MR) is 68.1 cm³/mol. The molecule has 0 heterocycles. The number of ether oxygens (including phenoxy) is 1. The summed E-state index contributed by atoms with van der Waals surface area (Å²) in [5.74, 6) is 1.52. The second-order valence-corrected chi connectivity index (χ2v) is 3.77. The highest BCUT2D eigenvalue weighted by molar-refractivity contribution is 6.30. The maximum Gasteiger partial charge on any atom is 0.128 e. The van der Waals surface area contributed by atoms with Gasteiger partial charge in [-0.1, -0.05) is 42.5 Å². The van der Waals surface area contributed by atoms with Gasteiger partial charge in [0.1, 0.15) is 11.5 Å². The molecule has 0 unspecified atom stereocenters. The topological polar surface area (TPSA) is 9.23 Å². The minimum absolute atomic E-state index is 0.667. The zero-order valence-corrected chi connectivity index (χ0v) is 9.45. The van der Waals surface area contributed by atoms with Crippen LogP contribution in [-0.4, -0.2) is 0 Å². The van der Waals surface area contributed by atoms with E-state index < -0.39 is 0 Å². The lowest BCUT2D eigenvalue weighted by molar-refractivity contribution is 0.482. The van der Waals surface area contributed by atoms with Gasteiger partial charge < -0.3 is 4.74 Å². The van der Waals surface area contributed by atoms with Gasteiger partial charge in [0.05, 0.1) is 0 Å². The molecule has 2 rings (SSSR count). The molecule has 1 nitrogen and oxygen atoms in total. The average Bonchev–Trinajstić information content (AvgIpc) is 2.30. The van der Waals surface area contributed by atoms with Crippen molar-refractivity contribution in [2.45, 2.75) is 0 Å². The van der Waals surface area contributed by atoms with E-state index >= 15 is 0 Å². The van der Waals surface area contributed by atoms with Crippen LogP contribution in [0.2, 0.25) is 5.02 Å². The molecule has 80 valence electrons. The molecule has 0 amide bonds. The first-order valence-electron chi connectivity index (χ1n) is 4.94. The number of hydrogen-bond donors (Lipinski definition) is 0. The molecule has 0 aliphatic carbocycles. The summed E-state index contributed by atoms with van der Waals surface area (Å²) in [7, 11) is 0. The smallest absolute Gasteiger partial charge is 0.128 e. The molecule has 2 aromatic rings.